The molecule has 106 valence electrons. The van der Waals surface area contributed by atoms with Crippen LogP contribution in [0.3, 0.4) is 0 Å². The van der Waals surface area contributed by atoms with Crippen LogP contribution in [-0.4, -0.2) is 15.2 Å². The molecule has 0 aliphatic rings. The molecule has 3 aromatic rings. The molecule has 4 nitrogen and oxygen atoms in total. The molecule has 1 heterocycles. The van der Waals surface area contributed by atoms with Gasteiger partial charge in [0.1, 0.15) is 5.75 Å². The molecule has 1 N–H and O–H groups in total. The standard InChI is InChI=1S/C17H16N2O2/c1-12-4-2-5-13(8-12)10-16-18-17(21-19-16)11-14-6-3-7-15(20)9-14/h2-9,20H,10-11H2,1H3. The number of aromatic nitrogens is 2. The van der Waals surface area contributed by atoms with E-state index in [1.54, 1.807) is 18.2 Å². The Balaban J connectivity index is 1.71. The van der Waals surface area contributed by atoms with E-state index >= 15 is 0 Å². The van der Waals surface area contributed by atoms with E-state index < -0.39 is 0 Å². The molecular formula is C17H16N2O2. The maximum absolute atomic E-state index is 9.45. The van der Waals surface area contributed by atoms with Gasteiger partial charge in [-0.2, -0.15) is 4.98 Å². The Bertz CT molecular complexity index is 688. The Kier molecular flexibility index (Phi) is 3.69. The molecule has 0 unspecified atom stereocenters. The normalized spacial score (nSPS) is 10.7. The van der Waals surface area contributed by atoms with Crippen molar-refractivity contribution < 1.29 is 9.63 Å². The Morgan fingerprint density at radius 1 is 1.00 bits per heavy atom. The van der Waals surface area contributed by atoms with Crippen LogP contribution in [0.5, 0.6) is 5.75 Å². The van der Waals surface area contributed by atoms with Crippen molar-refractivity contribution >= 4 is 0 Å². The van der Waals surface area contributed by atoms with E-state index in [1.165, 1.54) is 11.1 Å². The highest BCUT2D eigenvalue weighted by atomic mass is 16.5. The van der Waals surface area contributed by atoms with Gasteiger partial charge in [-0.3, -0.25) is 0 Å². The van der Waals surface area contributed by atoms with Crippen LogP contribution in [0, 0.1) is 6.92 Å². The lowest BCUT2D eigenvalue weighted by atomic mass is 10.1. The van der Waals surface area contributed by atoms with Gasteiger partial charge in [0.15, 0.2) is 5.82 Å². The number of phenolic OH excluding ortho intramolecular Hbond substituents is 1. The van der Waals surface area contributed by atoms with Crippen LogP contribution in [0.2, 0.25) is 0 Å². The molecule has 0 fully saturated rings. The zero-order chi connectivity index (χ0) is 14.7. The molecule has 0 saturated heterocycles. The summed E-state index contributed by atoms with van der Waals surface area (Å²) in [6.07, 6.45) is 1.18. The van der Waals surface area contributed by atoms with E-state index in [1.807, 2.05) is 12.1 Å². The van der Waals surface area contributed by atoms with Crippen molar-refractivity contribution in [2.45, 2.75) is 19.8 Å². The fourth-order valence-electron chi connectivity index (χ4n) is 2.28. The van der Waals surface area contributed by atoms with Crippen LogP contribution in [0.1, 0.15) is 28.4 Å². The first-order valence-corrected chi connectivity index (χ1v) is 6.84. The number of nitrogens with zero attached hydrogens (tertiary/aromatic N) is 2. The zero-order valence-corrected chi connectivity index (χ0v) is 11.8. The third-order valence-electron chi connectivity index (χ3n) is 3.22. The second-order valence-electron chi connectivity index (χ2n) is 5.12. The van der Waals surface area contributed by atoms with Gasteiger partial charge in [0, 0.05) is 6.42 Å². The van der Waals surface area contributed by atoms with Gasteiger partial charge in [0.2, 0.25) is 5.89 Å². The summed E-state index contributed by atoms with van der Waals surface area (Å²) >= 11 is 0. The molecule has 0 spiro atoms. The third-order valence-corrected chi connectivity index (χ3v) is 3.22. The average Bonchev–Trinajstić information content (AvgIpc) is 2.86. The van der Waals surface area contributed by atoms with E-state index in [9.17, 15) is 5.11 Å². The maximum atomic E-state index is 9.45. The Morgan fingerprint density at radius 2 is 1.76 bits per heavy atom. The first-order chi connectivity index (χ1) is 10.2. The molecule has 0 amide bonds. The van der Waals surface area contributed by atoms with Gasteiger partial charge in [0.05, 0.1) is 6.42 Å². The van der Waals surface area contributed by atoms with Gasteiger partial charge in [-0.05, 0) is 30.2 Å². The second kappa shape index (κ2) is 5.79. The average molecular weight is 280 g/mol. The molecule has 2 aromatic carbocycles. The lowest BCUT2D eigenvalue weighted by Gasteiger charge is -1.98. The highest BCUT2D eigenvalue weighted by Gasteiger charge is 2.08. The molecule has 3 rings (SSSR count). The SMILES string of the molecule is Cc1cccc(Cc2noc(Cc3cccc(O)c3)n2)c1. The van der Waals surface area contributed by atoms with Crippen molar-refractivity contribution in [2.75, 3.05) is 0 Å². The quantitative estimate of drug-likeness (QED) is 0.797. The minimum Gasteiger partial charge on any atom is -0.508 e. The number of phenols is 1. The van der Waals surface area contributed by atoms with Gasteiger partial charge in [-0.15, -0.1) is 0 Å². The van der Waals surface area contributed by atoms with E-state index in [0.717, 1.165) is 5.56 Å². The van der Waals surface area contributed by atoms with Crippen LogP contribution in [0.25, 0.3) is 0 Å². The van der Waals surface area contributed by atoms with Crippen molar-refractivity contribution in [3.8, 4) is 5.75 Å². The van der Waals surface area contributed by atoms with Crippen LogP contribution in [0.4, 0.5) is 0 Å². The highest BCUT2D eigenvalue weighted by molar-refractivity contribution is 5.29. The van der Waals surface area contributed by atoms with Crippen LogP contribution < -0.4 is 0 Å². The van der Waals surface area contributed by atoms with Crippen LogP contribution in [0.15, 0.2) is 53.1 Å². The van der Waals surface area contributed by atoms with Crippen LogP contribution in [-0.2, 0) is 12.8 Å². The number of aryl methyl sites for hydroxylation is 1. The van der Waals surface area contributed by atoms with Crippen LogP contribution >= 0.6 is 0 Å². The second-order valence-corrected chi connectivity index (χ2v) is 5.12. The molecule has 0 atom stereocenters. The Labute approximate surface area is 123 Å². The first-order valence-electron chi connectivity index (χ1n) is 6.84. The number of aromatic hydroxyl groups is 1. The summed E-state index contributed by atoms with van der Waals surface area (Å²) in [5.74, 6) is 1.48. The Hall–Kier alpha value is -2.62. The predicted octanol–water partition coefficient (Wildman–Crippen LogP) is 3.27. The monoisotopic (exact) mass is 280 g/mol. The fraction of sp³-hybridized carbons (Fsp3) is 0.176. The van der Waals surface area contributed by atoms with E-state index in [4.69, 9.17) is 4.52 Å². The van der Waals surface area contributed by atoms with Gasteiger partial charge in [0.25, 0.3) is 0 Å². The molecule has 0 saturated carbocycles. The summed E-state index contributed by atoms with van der Waals surface area (Å²) in [5, 5.41) is 13.5. The molecule has 0 bridgehead atoms. The van der Waals surface area contributed by atoms with E-state index in [-0.39, 0.29) is 5.75 Å². The maximum Gasteiger partial charge on any atom is 0.231 e. The predicted molar refractivity (Wildman–Crippen MR) is 79.2 cm³/mol. The van der Waals surface area contributed by atoms with E-state index in [0.29, 0.717) is 24.6 Å². The molecule has 0 radical (unpaired) electrons. The van der Waals surface area contributed by atoms with Crippen molar-refractivity contribution in [3.05, 3.63) is 76.9 Å². The summed E-state index contributed by atoms with van der Waals surface area (Å²) in [6, 6.07) is 15.3. The minimum atomic E-state index is 0.243. The lowest BCUT2D eigenvalue weighted by molar-refractivity contribution is 0.380. The van der Waals surface area contributed by atoms with Crippen molar-refractivity contribution in [1.82, 2.24) is 10.1 Å². The number of hydrogen-bond donors (Lipinski definition) is 1. The summed E-state index contributed by atoms with van der Waals surface area (Å²) in [6.45, 7) is 2.06. The van der Waals surface area contributed by atoms with Crippen molar-refractivity contribution in [3.63, 3.8) is 0 Å². The number of benzene rings is 2. The summed E-state index contributed by atoms with van der Waals surface area (Å²) in [4.78, 5) is 4.40. The van der Waals surface area contributed by atoms with Gasteiger partial charge >= 0.3 is 0 Å². The molecular weight excluding hydrogens is 264 g/mol. The Morgan fingerprint density at radius 3 is 2.52 bits per heavy atom. The fourth-order valence-corrected chi connectivity index (χ4v) is 2.28. The summed E-state index contributed by atoms with van der Waals surface area (Å²) < 4.78 is 5.27. The summed E-state index contributed by atoms with van der Waals surface area (Å²) in [5.41, 5.74) is 3.33. The van der Waals surface area contributed by atoms with Gasteiger partial charge in [-0.1, -0.05) is 47.1 Å². The van der Waals surface area contributed by atoms with Gasteiger partial charge in [-0.25, -0.2) is 0 Å². The molecule has 4 heteroatoms. The molecule has 21 heavy (non-hydrogen) atoms. The topological polar surface area (TPSA) is 59.2 Å². The van der Waals surface area contributed by atoms with E-state index in [2.05, 4.69) is 35.3 Å². The zero-order valence-electron chi connectivity index (χ0n) is 11.8. The summed E-state index contributed by atoms with van der Waals surface area (Å²) in [7, 11) is 0. The van der Waals surface area contributed by atoms with Crippen molar-refractivity contribution in [1.29, 1.82) is 0 Å². The minimum absolute atomic E-state index is 0.243. The number of hydrogen-bond acceptors (Lipinski definition) is 4. The molecule has 0 aliphatic heterocycles. The van der Waals surface area contributed by atoms with Crippen molar-refractivity contribution in [2.24, 2.45) is 0 Å². The number of rotatable bonds is 4. The smallest absolute Gasteiger partial charge is 0.231 e. The third kappa shape index (κ3) is 3.48. The molecule has 0 aliphatic carbocycles. The highest BCUT2D eigenvalue weighted by Crippen LogP contribution is 2.15. The lowest BCUT2D eigenvalue weighted by Crippen LogP contribution is -1.93. The van der Waals surface area contributed by atoms with Gasteiger partial charge < -0.3 is 9.63 Å². The first kappa shape index (κ1) is 13.4. The molecule has 1 aromatic heterocycles. The largest absolute Gasteiger partial charge is 0.508 e.